The van der Waals surface area contributed by atoms with Crippen LogP contribution in [0.3, 0.4) is 0 Å². The van der Waals surface area contributed by atoms with Gasteiger partial charge in [0.1, 0.15) is 12.4 Å². The van der Waals surface area contributed by atoms with Crippen LogP contribution < -0.4 is 15.5 Å². The van der Waals surface area contributed by atoms with Gasteiger partial charge in [-0.2, -0.15) is 5.10 Å². The molecule has 0 aliphatic carbocycles. The highest BCUT2D eigenvalue weighted by molar-refractivity contribution is 14.1. The first-order valence-corrected chi connectivity index (χ1v) is 16.6. The first-order valence-electron chi connectivity index (χ1n) is 13.4. The smallest absolute Gasteiger partial charge is 0.271 e. The summed E-state index contributed by atoms with van der Waals surface area (Å²) in [5, 5.41) is 13.2. The van der Waals surface area contributed by atoms with Crippen molar-refractivity contribution in [1.82, 2.24) is 10.4 Å². The molecule has 0 bridgehead atoms. The normalized spacial score (nSPS) is 11.2. The number of carbonyl (C=O) groups excluding carboxylic acids is 1. The van der Waals surface area contributed by atoms with E-state index in [-0.39, 0.29) is 5.91 Å². The molecular formula is C34H23BrClIN4O2S. The summed E-state index contributed by atoms with van der Waals surface area (Å²) in [4.78, 5) is 17.4. The Hall–Kier alpha value is -3.77. The average Bonchev–Trinajstić information content (AvgIpc) is 3.50. The summed E-state index contributed by atoms with van der Waals surface area (Å²) in [6.07, 6.45) is 1.61. The topological polar surface area (TPSA) is 75.6 Å². The predicted octanol–water partition coefficient (Wildman–Crippen LogP) is 10.1. The molecule has 218 valence electrons. The lowest BCUT2D eigenvalue weighted by molar-refractivity contribution is 0.0955. The van der Waals surface area contributed by atoms with Crippen LogP contribution in [-0.4, -0.2) is 17.1 Å². The molecule has 44 heavy (non-hydrogen) atoms. The molecular weight excluding hydrogens is 771 g/mol. The molecule has 0 radical (unpaired) electrons. The summed E-state index contributed by atoms with van der Waals surface area (Å²) in [6, 6.07) is 33.1. The number of nitrogens with one attached hydrogen (secondary N) is 2. The Labute approximate surface area is 285 Å². The fourth-order valence-corrected chi connectivity index (χ4v) is 7.14. The summed E-state index contributed by atoms with van der Waals surface area (Å²) in [7, 11) is 0. The third-order valence-corrected chi connectivity index (χ3v) is 9.09. The second-order valence-corrected chi connectivity index (χ2v) is 13.0. The Kier molecular flexibility index (Phi) is 9.56. The number of benzene rings is 5. The van der Waals surface area contributed by atoms with E-state index >= 15 is 0 Å². The van der Waals surface area contributed by atoms with Crippen LogP contribution in [-0.2, 0) is 6.61 Å². The molecule has 6 nitrogen and oxygen atoms in total. The number of carbonyl (C=O) groups is 1. The van der Waals surface area contributed by atoms with Gasteiger partial charge in [-0.25, -0.2) is 10.4 Å². The van der Waals surface area contributed by atoms with E-state index in [4.69, 9.17) is 16.3 Å². The number of hydrogen-bond donors (Lipinski definition) is 2. The highest BCUT2D eigenvalue weighted by Crippen LogP contribution is 2.33. The van der Waals surface area contributed by atoms with Gasteiger partial charge in [0, 0.05) is 27.2 Å². The van der Waals surface area contributed by atoms with Gasteiger partial charge < -0.3 is 10.1 Å². The lowest BCUT2D eigenvalue weighted by atomic mass is 10.1. The number of hydrazone groups is 1. The quantitative estimate of drug-likeness (QED) is 0.0869. The number of hydrogen-bond acceptors (Lipinski definition) is 6. The van der Waals surface area contributed by atoms with Crippen LogP contribution in [0.2, 0.25) is 5.02 Å². The number of rotatable bonds is 9. The third-order valence-electron chi connectivity index (χ3n) is 6.69. The van der Waals surface area contributed by atoms with Crippen molar-refractivity contribution in [1.29, 1.82) is 0 Å². The van der Waals surface area contributed by atoms with E-state index in [1.807, 2.05) is 72.1 Å². The van der Waals surface area contributed by atoms with E-state index < -0.39 is 0 Å². The van der Waals surface area contributed by atoms with Gasteiger partial charge in [0.15, 0.2) is 5.13 Å². The summed E-state index contributed by atoms with van der Waals surface area (Å²) < 4.78 is 7.94. The van der Waals surface area contributed by atoms with Gasteiger partial charge in [-0.3, -0.25) is 4.79 Å². The van der Waals surface area contributed by atoms with Crippen LogP contribution in [0, 0.1) is 3.57 Å². The maximum absolute atomic E-state index is 12.7. The Morgan fingerprint density at radius 3 is 2.57 bits per heavy atom. The monoisotopic (exact) mass is 792 g/mol. The summed E-state index contributed by atoms with van der Waals surface area (Å²) in [5.41, 5.74) is 7.68. The second kappa shape index (κ2) is 13.9. The molecule has 0 aliphatic rings. The van der Waals surface area contributed by atoms with Crippen molar-refractivity contribution in [3.8, 4) is 17.0 Å². The zero-order valence-electron chi connectivity index (χ0n) is 22.9. The number of amides is 1. The molecule has 5 aromatic carbocycles. The maximum atomic E-state index is 12.7. The van der Waals surface area contributed by atoms with E-state index in [2.05, 4.69) is 83.6 Å². The van der Waals surface area contributed by atoms with Gasteiger partial charge in [-0.05, 0) is 109 Å². The Bertz CT molecular complexity index is 1950. The van der Waals surface area contributed by atoms with Crippen molar-refractivity contribution < 1.29 is 9.53 Å². The number of nitrogens with zero attached hydrogens (tertiary/aromatic N) is 2. The minimum absolute atomic E-state index is 0.306. The van der Waals surface area contributed by atoms with E-state index in [1.165, 1.54) is 22.1 Å². The molecule has 1 amide bonds. The molecule has 0 saturated carbocycles. The van der Waals surface area contributed by atoms with Crippen LogP contribution in [0.1, 0.15) is 21.5 Å². The number of fused-ring (bicyclic) bond motifs is 1. The molecule has 6 aromatic rings. The summed E-state index contributed by atoms with van der Waals surface area (Å²) >= 11 is 13.3. The largest absolute Gasteiger partial charge is 0.487 e. The van der Waals surface area contributed by atoms with Crippen LogP contribution in [0.5, 0.6) is 5.75 Å². The van der Waals surface area contributed by atoms with E-state index in [0.29, 0.717) is 17.2 Å². The SMILES string of the molecule is O=C(N/N=C\c1cc(Br)c(OCc2cccc3ccccc23)c(I)c1)c1ccc(-c2csc(Nc3ccc(Cl)cc3)n2)cc1. The van der Waals surface area contributed by atoms with Crippen LogP contribution in [0.25, 0.3) is 22.0 Å². The van der Waals surface area contributed by atoms with E-state index in [0.717, 1.165) is 47.0 Å². The first-order chi connectivity index (χ1) is 21.4. The van der Waals surface area contributed by atoms with Crippen molar-refractivity contribution >= 4 is 95.2 Å². The standard InChI is InChI=1S/C34H23BrClIN4O2S/c35-29-16-21(17-30(37)32(29)43-19-25-6-3-5-22-4-1-2-7-28(22)25)18-38-41-33(42)24-10-8-23(9-11-24)31-20-44-34(40-31)39-27-14-12-26(36)13-15-27/h1-18,20H,19H2,(H,39,40)(H,41,42)/b38-18-. The first kappa shape index (κ1) is 30.3. The predicted molar refractivity (Wildman–Crippen MR) is 192 cm³/mol. The van der Waals surface area contributed by atoms with Crippen molar-refractivity contribution in [2.45, 2.75) is 6.61 Å². The molecule has 0 spiro atoms. The van der Waals surface area contributed by atoms with Gasteiger partial charge in [0.05, 0.1) is 20.0 Å². The molecule has 2 N–H and O–H groups in total. The maximum Gasteiger partial charge on any atom is 0.271 e. The molecule has 0 fully saturated rings. The number of ether oxygens (including phenoxy) is 1. The van der Waals surface area contributed by atoms with Gasteiger partial charge >= 0.3 is 0 Å². The second-order valence-electron chi connectivity index (χ2n) is 9.69. The highest BCUT2D eigenvalue weighted by Gasteiger charge is 2.11. The van der Waals surface area contributed by atoms with Gasteiger partial charge in [0.2, 0.25) is 0 Å². The van der Waals surface area contributed by atoms with Gasteiger partial charge in [-0.15, -0.1) is 11.3 Å². The number of anilines is 2. The Balaban J connectivity index is 1.05. The van der Waals surface area contributed by atoms with Crippen molar-refractivity contribution in [2.75, 3.05) is 5.32 Å². The molecule has 6 rings (SSSR count). The zero-order valence-corrected chi connectivity index (χ0v) is 28.2. The van der Waals surface area contributed by atoms with E-state index in [9.17, 15) is 4.79 Å². The van der Waals surface area contributed by atoms with Gasteiger partial charge in [0.25, 0.3) is 5.91 Å². The third kappa shape index (κ3) is 7.29. The number of aromatic nitrogens is 1. The lowest BCUT2D eigenvalue weighted by Crippen LogP contribution is -2.17. The van der Waals surface area contributed by atoms with Crippen LogP contribution in [0.4, 0.5) is 10.8 Å². The molecule has 10 heteroatoms. The summed E-state index contributed by atoms with van der Waals surface area (Å²) in [6.45, 7) is 0.447. The van der Waals surface area contributed by atoms with Crippen LogP contribution in [0.15, 0.2) is 118 Å². The molecule has 1 heterocycles. The van der Waals surface area contributed by atoms with Crippen molar-refractivity contribution in [3.05, 3.63) is 138 Å². The van der Waals surface area contributed by atoms with Crippen molar-refractivity contribution in [2.24, 2.45) is 5.10 Å². The molecule has 0 saturated heterocycles. The van der Waals surface area contributed by atoms with Gasteiger partial charge in [-0.1, -0.05) is 66.2 Å². The average molecular weight is 794 g/mol. The number of halogens is 3. The van der Waals surface area contributed by atoms with Crippen molar-refractivity contribution in [3.63, 3.8) is 0 Å². The summed E-state index contributed by atoms with van der Waals surface area (Å²) in [5.74, 6) is 0.452. The van der Waals surface area contributed by atoms with E-state index in [1.54, 1.807) is 18.3 Å². The molecule has 1 aromatic heterocycles. The molecule has 0 atom stereocenters. The molecule has 0 unspecified atom stereocenters. The Morgan fingerprint density at radius 2 is 1.77 bits per heavy atom. The molecule has 0 aliphatic heterocycles. The number of thiazole rings is 1. The van der Waals surface area contributed by atoms with Crippen LogP contribution >= 0.6 is 61.5 Å². The minimum Gasteiger partial charge on any atom is -0.487 e. The highest BCUT2D eigenvalue weighted by atomic mass is 127. The zero-order chi connectivity index (χ0) is 30.5. The fraction of sp³-hybridized carbons (Fsp3) is 0.0294. The Morgan fingerprint density at radius 1 is 1.00 bits per heavy atom. The minimum atomic E-state index is -0.306. The fourth-order valence-electron chi connectivity index (χ4n) is 4.50. The lowest BCUT2D eigenvalue weighted by Gasteiger charge is -2.13.